The molecule has 1 unspecified atom stereocenters. The van der Waals surface area contributed by atoms with Crippen LogP contribution in [0, 0.1) is 5.92 Å². The van der Waals surface area contributed by atoms with Crippen LogP contribution in [0.1, 0.15) is 114 Å². The fourth-order valence-corrected chi connectivity index (χ4v) is 5.27. The Hall–Kier alpha value is -2.55. The maximum absolute atomic E-state index is 11.0. The summed E-state index contributed by atoms with van der Waals surface area (Å²) in [5.41, 5.74) is 2.84. The van der Waals surface area contributed by atoms with Gasteiger partial charge in [0.1, 0.15) is 5.75 Å². The number of para-hydroxylation sites is 1. The minimum atomic E-state index is -0.316. The standard InChI is InChI=1S/C36H54O3/c1-3-5-14-22-33(31-32-23-15-13-16-24-32)25-21-27-34-26-17-18-28-35(34)38-29-19-11-9-7-6-8-10-12-20-30-39-36(37)4-2/h4,13,15-18,23-24,26,28,33H,2-3,5-12,14,19-22,25,27,29-31H2,1H3. The molecule has 1 atom stereocenters. The second-order valence-electron chi connectivity index (χ2n) is 11.0. The Balaban J connectivity index is 1.58. The number of ether oxygens (including phenoxy) is 2. The van der Waals surface area contributed by atoms with E-state index in [4.69, 9.17) is 9.47 Å². The largest absolute Gasteiger partial charge is 0.493 e. The molecule has 2 rings (SSSR count). The van der Waals surface area contributed by atoms with Crippen LogP contribution in [0.3, 0.4) is 0 Å². The summed E-state index contributed by atoms with van der Waals surface area (Å²) in [5.74, 6) is 1.54. The minimum Gasteiger partial charge on any atom is -0.493 e. The number of esters is 1. The SMILES string of the molecule is C=CC(=O)OCCCCCCCCCCCOc1ccccc1CCCC(CCCCC)Cc1ccccc1. The van der Waals surface area contributed by atoms with Gasteiger partial charge >= 0.3 is 5.97 Å². The van der Waals surface area contributed by atoms with Crippen molar-refractivity contribution in [2.24, 2.45) is 5.92 Å². The number of hydrogen-bond donors (Lipinski definition) is 0. The van der Waals surface area contributed by atoms with Crippen molar-refractivity contribution in [1.82, 2.24) is 0 Å². The molecule has 39 heavy (non-hydrogen) atoms. The smallest absolute Gasteiger partial charge is 0.330 e. The lowest BCUT2D eigenvalue weighted by atomic mass is 9.88. The predicted molar refractivity (Wildman–Crippen MR) is 165 cm³/mol. The fourth-order valence-electron chi connectivity index (χ4n) is 5.27. The lowest BCUT2D eigenvalue weighted by Gasteiger charge is -2.18. The molecule has 2 aromatic rings. The van der Waals surface area contributed by atoms with Gasteiger partial charge in [0.05, 0.1) is 13.2 Å². The molecule has 0 radical (unpaired) electrons. The van der Waals surface area contributed by atoms with Crippen LogP contribution in [0.4, 0.5) is 0 Å². The van der Waals surface area contributed by atoms with Crippen molar-refractivity contribution >= 4 is 5.97 Å². The van der Waals surface area contributed by atoms with Crippen molar-refractivity contribution < 1.29 is 14.3 Å². The van der Waals surface area contributed by atoms with Crippen molar-refractivity contribution in [3.8, 4) is 5.75 Å². The molecule has 0 heterocycles. The van der Waals surface area contributed by atoms with Crippen molar-refractivity contribution in [2.75, 3.05) is 13.2 Å². The van der Waals surface area contributed by atoms with Crippen LogP contribution in [0.5, 0.6) is 5.75 Å². The second kappa shape index (κ2) is 22.3. The first-order valence-electron chi connectivity index (χ1n) is 15.8. The van der Waals surface area contributed by atoms with E-state index in [1.54, 1.807) is 0 Å². The van der Waals surface area contributed by atoms with E-state index in [9.17, 15) is 4.79 Å². The highest BCUT2D eigenvalue weighted by Crippen LogP contribution is 2.25. The molecular weight excluding hydrogens is 480 g/mol. The molecule has 0 N–H and O–H groups in total. The molecule has 3 heteroatoms. The van der Waals surface area contributed by atoms with Gasteiger partial charge in [-0.25, -0.2) is 4.79 Å². The predicted octanol–water partition coefficient (Wildman–Crippen LogP) is 10.1. The molecule has 0 fully saturated rings. The summed E-state index contributed by atoms with van der Waals surface area (Å²) in [6.07, 6.45) is 22.2. The van der Waals surface area contributed by atoms with Gasteiger partial charge in [-0.15, -0.1) is 0 Å². The van der Waals surface area contributed by atoms with E-state index in [0.717, 1.165) is 44.0 Å². The Morgan fingerprint density at radius 3 is 2.05 bits per heavy atom. The molecule has 0 aliphatic heterocycles. The highest BCUT2D eigenvalue weighted by atomic mass is 16.5. The third-order valence-electron chi connectivity index (χ3n) is 7.57. The van der Waals surface area contributed by atoms with E-state index in [-0.39, 0.29) is 5.97 Å². The summed E-state index contributed by atoms with van der Waals surface area (Å²) in [6, 6.07) is 19.7. The van der Waals surface area contributed by atoms with Gasteiger partial charge in [-0.1, -0.05) is 133 Å². The van der Waals surface area contributed by atoms with Crippen LogP contribution in [0.2, 0.25) is 0 Å². The second-order valence-corrected chi connectivity index (χ2v) is 11.0. The third-order valence-corrected chi connectivity index (χ3v) is 7.57. The van der Waals surface area contributed by atoms with Crippen molar-refractivity contribution in [3.05, 3.63) is 78.4 Å². The molecule has 0 saturated carbocycles. The normalized spacial score (nSPS) is 11.7. The van der Waals surface area contributed by atoms with Crippen LogP contribution in [0.25, 0.3) is 0 Å². The number of carbonyl (C=O) groups is 1. The topological polar surface area (TPSA) is 35.5 Å². The number of carbonyl (C=O) groups excluding carboxylic acids is 1. The van der Waals surface area contributed by atoms with Crippen LogP contribution < -0.4 is 4.74 Å². The number of rotatable bonds is 24. The molecule has 0 saturated heterocycles. The quantitative estimate of drug-likeness (QED) is 0.0763. The lowest BCUT2D eigenvalue weighted by Crippen LogP contribution is -2.06. The summed E-state index contributed by atoms with van der Waals surface area (Å²) in [7, 11) is 0. The first-order valence-corrected chi connectivity index (χ1v) is 15.8. The van der Waals surface area contributed by atoms with Gasteiger partial charge in [0.15, 0.2) is 0 Å². The molecule has 0 amide bonds. The summed E-state index contributed by atoms with van der Waals surface area (Å²) < 4.78 is 11.2. The van der Waals surface area contributed by atoms with Crippen molar-refractivity contribution in [1.29, 1.82) is 0 Å². The molecule has 3 nitrogen and oxygen atoms in total. The lowest BCUT2D eigenvalue weighted by molar-refractivity contribution is -0.137. The first kappa shape index (κ1) is 32.7. The number of aryl methyl sites for hydroxylation is 1. The van der Waals surface area contributed by atoms with Gasteiger partial charge in [-0.3, -0.25) is 0 Å². The van der Waals surface area contributed by atoms with Crippen LogP contribution in [-0.4, -0.2) is 19.2 Å². The Kier molecular flexibility index (Phi) is 18.7. The van der Waals surface area contributed by atoms with Gasteiger partial charge in [0.2, 0.25) is 0 Å². The number of unbranched alkanes of at least 4 members (excludes halogenated alkanes) is 10. The van der Waals surface area contributed by atoms with Gasteiger partial charge in [-0.2, -0.15) is 0 Å². The van der Waals surface area contributed by atoms with Crippen LogP contribution >= 0.6 is 0 Å². The number of benzene rings is 2. The van der Waals surface area contributed by atoms with E-state index in [0.29, 0.717) is 6.61 Å². The Labute approximate surface area is 239 Å². The molecule has 0 aromatic heterocycles. The van der Waals surface area contributed by atoms with Gasteiger partial charge in [0.25, 0.3) is 0 Å². The Morgan fingerprint density at radius 2 is 1.36 bits per heavy atom. The van der Waals surface area contributed by atoms with Gasteiger partial charge in [0, 0.05) is 6.08 Å². The van der Waals surface area contributed by atoms with Crippen molar-refractivity contribution in [3.63, 3.8) is 0 Å². The maximum atomic E-state index is 11.0. The first-order chi connectivity index (χ1) is 19.2. The molecule has 0 bridgehead atoms. The van der Waals surface area contributed by atoms with E-state index in [1.807, 2.05) is 0 Å². The Bertz CT molecular complexity index is 876. The molecular formula is C36H54O3. The molecule has 0 spiro atoms. The zero-order valence-corrected chi connectivity index (χ0v) is 24.7. The molecule has 216 valence electrons. The van der Waals surface area contributed by atoms with E-state index >= 15 is 0 Å². The highest BCUT2D eigenvalue weighted by Gasteiger charge is 2.11. The molecule has 2 aromatic carbocycles. The van der Waals surface area contributed by atoms with Crippen LogP contribution in [-0.2, 0) is 22.4 Å². The Morgan fingerprint density at radius 1 is 0.744 bits per heavy atom. The third kappa shape index (κ3) is 16.2. The van der Waals surface area contributed by atoms with E-state index in [1.165, 1.54) is 101 Å². The summed E-state index contributed by atoms with van der Waals surface area (Å²) in [6.45, 7) is 7.03. The highest BCUT2D eigenvalue weighted by molar-refractivity contribution is 5.81. The average molecular weight is 535 g/mol. The zero-order valence-electron chi connectivity index (χ0n) is 24.7. The van der Waals surface area contributed by atoms with Gasteiger partial charge < -0.3 is 9.47 Å². The summed E-state index contributed by atoms with van der Waals surface area (Å²) in [5, 5.41) is 0. The zero-order chi connectivity index (χ0) is 27.8. The van der Waals surface area contributed by atoms with Gasteiger partial charge in [-0.05, 0) is 61.6 Å². The molecule has 0 aliphatic carbocycles. The summed E-state index contributed by atoms with van der Waals surface area (Å²) >= 11 is 0. The van der Waals surface area contributed by atoms with Crippen LogP contribution in [0.15, 0.2) is 67.3 Å². The fraction of sp³-hybridized carbons (Fsp3) is 0.583. The monoisotopic (exact) mass is 534 g/mol. The van der Waals surface area contributed by atoms with Crippen molar-refractivity contribution in [2.45, 2.75) is 116 Å². The number of hydrogen-bond acceptors (Lipinski definition) is 3. The summed E-state index contributed by atoms with van der Waals surface area (Å²) in [4.78, 5) is 11.0. The van der Waals surface area contributed by atoms with E-state index in [2.05, 4.69) is 68.1 Å². The average Bonchev–Trinajstić information content (AvgIpc) is 2.96. The maximum Gasteiger partial charge on any atom is 0.330 e. The van der Waals surface area contributed by atoms with E-state index < -0.39 is 0 Å². The molecule has 0 aliphatic rings. The minimum absolute atomic E-state index is 0.316.